The summed E-state index contributed by atoms with van der Waals surface area (Å²) in [5.74, 6) is -0.418. The molecule has 1 aliphatic rings. The molecule has 1 atom stereocenters. The van der Waals surface area contributed by atoms with E-state index in [-0.39, 0.29) is 29.0 Å². The molecule has 0 saturated carbocycles. The molecule has 2 aromatic rings. The van der Waals surface area contributed by atoms with Crippen molar-refractivity contribution in [2.75, 3.05) is 16.8 Å². The maximum absolute atomic E-state index is 12.9. The Labute approximate surface area is 151 Å². The normalized spacial score (nSPS) is 18.5. The summed E-state index contributed by atoms with van der Waals surface area (Å²) in [6, 6.07) is 7.17. The number of halogens is 1. The van der Waals surface area contributed by atoms with E-state index in [1.54, 1.807) is 25.1 Å². The average molecular weight is 378 g/mol. The molecule has 0 bridgehead atoms. The Balaban J connectivity index is 1.66. The van der Waals surface area contributed by atoms with Crippen molar-refractivity contribution >= 4 is 21.7 Å². The summed E-state index contributed by atoms with van der Waals surface area (Å²) in [6.07, 6.45) is 0.411. The minimum absolute atomic E-state index is 0.0432. The van der Waals surface area contributed by atoms with Gasteiger partial charge in [0.1, 0.15) is 11.5 Å². The molecule has 1 aliphatic heterocycles. The molecule has 1 unspecified atom stereocenters. The predicted molar refractivity (Wildman–Crippen MR) is 95.0 cm³/mol. The van der Waals surface area contributed by atoms with Crippen molar-refractivity contribution in [3.8, 4) is 0 Å². The van der Waals surface area contributed by atoms with E-state index in [1.165, 1.54) is 12.1 Å². The molecule has 1 aromatic heterocycles. The molecule has 2 N–H and O–H groups in total. The topological polar surface area (TPSA) is 101 Å². The number of amides is 1. The van der Waals surface area contributed by atoms with E-state index in [2.05, 4.69) is 20.6 Å². The molecule has 1 saturated heterocycles. The molecule has 2 heterocycles. The first kappa shape index (κ1) is 18.2. The van der Waals surface area contributed by atoms with Gasteiger partial charge in [-0.25, -0.2) is 22.8 Å². The highest BCUT2D eigenvalue weighted by atomic mass is 32.2. The van der Waals surface area contributed by atoms with Crippen LogP contribution in [0.1, 0.15) is 28.2 Å². The van der Waals surface area contributed by atoms with Gasteiger partial charge < -0.3 is 10.6 Å². The lowest BCUT2D eigenvalue weighted by atomic mass is 10.2. The Morgan fingerprint density at radius 3 is 2.65 bits per heavy atom. The fourth-order valence-electron chi connectivity index (χ4n) is 2.72. The molecule has 0 radical (unpaired) electrons. The third-order valence-corrected chi connectivity index (χ3v) is 5.79. The van der Waals surface area contributed by atoms with Crippen LogP contribution >= 0.6 is 0 Å². The third-order valence-electron chi connectivity index (χ3n) is 4.02. The van der Waals surface area contributed by atoms with Crippen molar-refractivity contribution in [2.45, 2.75) is 25.9 Å². The summed E-state index contributed by atoms with van der Waals surface area (Å²) in [5, 5.41) is 5.71. The Hall–Kier alpha value is -2.55. The monoisotopic (exact) mass is 378 g/mol. The molecule has 1 amide bonds. The smallest absolute Gasteiger partial charge is 0.270 e. The quantitative estimate of drug-likeness (QED) is 0.817. The van der Waals surface area contributed by atoms with Gasteiger partial charge >= 0.3 is 0 Å². The molecular weight excluding hydrogens is 359 g/mol. The van der Waals surface area contributed by atoms with Crippen LogP contribution in [0, 0.1) is 12.7 Å². The Bertz CT molecular complexity index is 916. The third kappa shape index (κ3) is 4.75. The molecule has 7 nitrogen and oxygen atoms in total. The fraction of sp³-hybridized carbons (Fsp3) is 0.353. The lowest BCUT2D eigenvalue weighted by molar-refractivity contribution is 0.0936. The van der Waals surface area contributed by atoms with Gasteiger partial charge in [-0.3, -0.25) is 4.79 Å². The summed E-state index contributed by atoms with van der Waals surface area (Å²) in [4.78, 5) is 20.8. The largest absolute Gasteiger partial charge is 0.350 e. The standard InChI is InChI=1S/C17H19FN4O3S/c1-11-8-15(16(23)21-14-6-7-26(24,25)10-14)22-17(20-11)19-9-12-2-4-13(18)5-3-12/h2-5,8,14H,6-7,9-10H2,1H3,(H,21,23)(H,19,20,22). The first-order valence-electron chi connectivity index (χ1n) is 8.16. The molecule has 138 valence electrons. The van der Waals surface area contributed by atoms with Gasteiger partial charge in [-0.2, -0.15) is 0 Å². The van der Waals surface area contributed by atoms with Gasteiger partial charge in [-0.15, -0.1) is 0 Å². The Morgan fingerprint density at radius 2 is 2.00 bits per heavy atom. The van der Waals surface area contributed by atoms with E-state index in [9.17, 15) is 17.6 Å². The molecule has 0 aliphatic carbocycles. The number of nitrogens with zero attached hydrogens (tertiary/aromatic N) is 2. The minimum Gasteiger partial charge on any atom is -0.350 e. The van der Waals surface area contributed by atoms with Gasteiger partial charge in [-0.05, 0) is 37.1 Å². The van der Waals surface area contributed by atoms with Crippen LogP contribution in [0.3, 0.4) is 0 Å². The summed E-state index contributed by atoms with van der Waals surface area (Å²) < 4.78 is 35.9. The maximum atomic E-state index is 12.9. The van der Waals surface area contributed by atoms with Gasteiger partial charge in [0.15, 0.2) is 9.84 Å². The zero-order valence-corrected chi connectivity index (χ0v) is 15.0. The van der Waals surface area contributed by atoms with Crippen LogP contribution in [0.25, 0.3) is 0 Å². The second-order valence-corrected chi connectivity index (χ2v) is 8.50. The van der Waals surface area contributed by atoms with Gasteiger partial charge in [0.2, 0.25) is 5.95 Å². The average Bonchev–Trinajstić information content (AvgIpc) is 2.92. The number of carbonyl (C=O) groups excluding carboxylic acids is 1. The van der Waals surface area contributed by atoms with Crippen molar-refractivity contribution in [1.29, 1.82) is 0 Å². The number of aryl methyl sites for hydroxylation is 1. The molecule has 0 spiro atoms. The molecule has 1 fully saturated rings. The van der Waals surface area contributed by atoms with Crippen molar-refractivity contribution < 1.29 is 17.6 Å². The maximum Gasteiger partial charge on any atom is 0.270 e. The first-order chi connectivity index (χ1) is 12.3. The lowest BCUT2D eigenvalue weighted by Gasteiger charge is -2.12. The molecular formula is C17H19FN4O3S. The van der Waals surface area contributed by atoms with Crippen LogP contribution in [-0.2, 0) is 16.4 Å². The number of aromatic nitrogens is 2. The van der Waals surface area contributed by atoms with Crippen LogP contribution in [0.2, 0.25) is 0 Å². The number of hydrogen-bond donors (Lipinski definition) is 2. The number of benzene rings is 1. The number of rotatable bonds is 5. The van der Waals surface area contributed by atoms with Crippen LogP contribution in [0.4, 0.5) is 10.3 Å². The van der Waals surface area contributed by atoms with Crippen molar-refractivity contribution in [2.24, 2.45) is 0 Å². The van der Waals surface area contributed by atoms with Crippen LogP contribution in [0.15, 0.2) is 30.3 Å². The Kier molecular flexibility index (Phi) is 5.17. The van der Waals surface area contributed by atoms with Crippen molar-refractivity contribution in [3.05, 3.63) is 53.1 Å². The molecule has 9 heteroatoms. The SMILES string of the molecule is Cc1cc(C(=O)NC2CCS(=O)(=O)C2)nc(NCc2ccc(F)cc2)n1. The fourth-order valence-corrected chi connectivity index (χ4v) is 4.39. The summed E-state index contributed by atoms with van der Waals surface area (Å²) in [5.41, 5.74) is 1.62. The van der Waals surface area contributed by atoms with Crippen molar-refractivity contribution in [3.63, 3.8) is 0 Å². The van der Waals surface area contributed by atoms with Gasteiger partial charge in [0.05, 0.1) is 11.5 Å². The van der Waals surface area contributed by atoms with Gasteiger partial charge in [0, 0.05) is 18.3 Å². The van der Waals surface area contributed by atoms with E-state index in [0.717, 1.165) is 5.56 Å². The lowest BCUT2D eigenvalue weighted by Crippen LogP contribution is -2.36. The minimum atomic E-state index is -3.07. The number of hydrogen-bond acceptors (Lipinski definition) is 6. The predicted octanol–water partition coefficient (Wildman–Crippen LogP) is 1.45. The van der Waals surface area contributed by atoms with Gasteiger partial charge in [0.25, 0.3) is 5.91 Å². The second kappa shape index (κ2) is 7.36. The number of nitrogens with one attached hydrogen (secondary N) is 2. The number of carbonyl (C=O) groups is 1. The van der Waals surface area contributed by atoms with Crippen LogP contribution in [0.5, 0.6) is 0 Å². The van der Waals surface area contributed by atoms with Crippen LogP contribution in [-0.4, -0.2) is 41.8 Å². The van der Waals surface area contributed by atoms with E-state index in [1.807, 2.05) is 0 Å². The zero-order chi connectivity index (χ0) is 18.7. The number of anilines is 1. The zero-order valence-electron chi connectivity index (χ0n) is 14.2. The van der Waals surface area contributed by atoms with E-state index in [4.69, 9.17) is 0 Å². The van der Waals surface area contributed by atoms with E-state index in [0.29, 0.717) is 18.7 Å². The van der Waals surface area contributed by atoms with Crippen molar-refractivity contribution in [1.82, 2.24) is 15.3 Å². The summed E-state index contributed by atoms with van der Waals surface area (Å²) in [6.45, 7) is 2.12. The van der Waals surface area contributed by atoms with Crippen LogP contribution < -0.4 is 10.6 Å². The van der Waals surface area contributed by atoms with E-state index < -0.39 is 21.8 Å². The summed E-state index contributed by atoms with van der Waals surface area (Å²) >= 11 is 0. The van der Waals surface area contributed by atoms with E-state index >= 15 is 0 Å². The highest BCUT2D eigenvalue weighted by Gasteiger charge is 2.29. The second-order valence-electron chi connectivity index (χ2n) is 6.27. The molecule has 1 aromatic carbocycles. The van der Waals surface area contributed by atoms with Gasteiger partial charge in [-0.1, -0.05) is 12.1 Å². The Morgan fingerprint density at radius 1 is 1.27 bits per heavy atom. The molecule has 26 heavy (non-hydrogen) atoms. The summed E-state index contributed by atoms with van der Waals surface area (Å²) in [7, 11) is -3.07. The highest BCUT2D eigenvalue weighted by molar-refractivity contribution is 7.91. The molecule has 3 rings (SSSR count). The number of sulfone groups is 1. The first-order valence-corrected chi connectivity index (χ1v) is 9.98. The highest BCUT2D eigenvalue weighted by Crippen LogP contribution is 2.13.